The minimum atomic E-state index is -1.20. The van der Waals surface area contributed by atoms with Gasteiger partial charge in [-0.25, -0.2) is 9.59 Å². The van der Waals surface area contributed by atoms with Crippen LogP contribution in [0.5, 0.6) is 5.75 Å². The number of carbonyl (C=O) groups is 4. The van der Waals surface area contributed by atoms with E-state index in [0.29, 0.717) is 12.0 Å². The van der Waals surface area contributed by atoms with E-state index in [9.17, 15) is 29.4 Å². The standard InChI is InChI=1S/C33H39N3O7S/c1-3-22(2)29(32(40)41)35-30(38)27(18-23-14-16-26(37)17-15-23)34-31(39)28(21-44)36(19-24-10-6-4-7-11-24)33(42)43-20-25-12-8-5-9-13-25/h4-17,22,27-29,37,44H,3,18-21H2,1-2H3,(H,34,39)(H,35,38)(H,40,41)/t22-,27-,28-,29-/m0/s1. The first-order valence-corrected chi connectivity index (χ1v) is 15.0. The third kappa shape index (κ3) is 10.0. The van der Waals surface area contributed by atoms with Crippen molar-refractivity contribution < 1.29 is 34.1 Å². The van der Waals surface area contributed by atoms with Crippen LogP contribution < -0.4 is 10.6 Å². The average molecular weight is 622 g/mol. The van der Waals surface area contributed by atoms with Crippen LogP contribution in [0.2, 0.25) is 0 Å². The summed E-state index contributed by atoms with van der Waals surface area (Å²) in [6.07, 6.45) is -0.233. The van der Waals surface area contributed by atoms with E-state index in [-0.39, 0.29) is 37.0 Å². The summed E-state index contributed by atoms with van der Waals surface area (Å²) in [5.41, 5.74) is 2.14. The lowest BCUT2D eigenvalue weighted by Crippen LogP contribution is -2.58. The number of aromatic hydroxyl groups is 1. The molecule has 10 nitrogen and oxygen atoms in total. The summed E-state index contributed by atoms with van der Waals surface area (Å²) in [4.78, 5) is 53.9. The minimum absolute atomic E-state index is 0.00112. The molecule has 0 bridgehead atoms. The van der Waals surface area contributed by atoms with Gasteiger partial charge in [-0.1, -0.05) is 93.1 Å². The molecule has 0 fully saturated rings. The van der Waals surface area contributed by atoms with E-state index in [1.807, 2.05) is 67.6 Å². The quantitative estimate of drug-likeness (QED) is 0.160. The van der Waals surface area contributed by atoms with Gasteiger partial charge in [-0.3, -0.25) is 14.5 Å². The molecule has 11 heteroatoms. The summed E-state index contributed by atoms with van der Waals surface area (Å²) in [5.74, 6) is -2.97. The predicted molar refractivity (Wildman–Crippen MR) is 169 cm³/mol. The Labute approximate surface area is 262 Å². The molecule has 3 aromatic carbocycles. The van der Waals surface area contributed by atoms with Crippen molar-refractivity contribution in [1.29, 1.82) is 0 Å². The van der Waals surface area contributed by atoms with Crippen molar-refractivity contribution in [3.05, 3.63) is 102 Å². The van der Waals surface area contributed by atoms with E-state index in [1.165, 1.54) is 17.0 Å². The second kappa shape index (κ2) is 17.0. The first-order chi connectivity index (χ1) is 21.1. The Morgan fingerprint density at radius 3 is 1.98 bits per heavy atom. The van der Waals surface area contributed by atoms with Gasteiger partial charge in [0.15, 0.2) is 0 Å². The molecule has 0 aliphatic heterocycles. The second-order valence-corrected chi connectivity index (χ2v) is 10.9. The Morgan fingerprint density at radius 1 is 0.841 bits per heavy atom. The monoisotopic (exact) mass is 621 g/mol. The van der Waals surface area contributed by atoms with Gasteiger partial charge in [0.25, 0.3) is 0 Å². The summed E-state index contributed by atoms with van der Waals surface area (Å²) in [5, 5.41) is 24.7. The number of carbonyl (C=O) groups excluding carboxylic acids is 3. The number of phenols is 1. The van der Waals surface area contributed by atoms with Crippen molar-refractivity contribution in [1.82, 2.24) is 15.5 Å². The molecule has 234 valence electrons. The number of rotatable bonds is 15. The molecule has 0 aliphatic rings. The lowest BCUT2D eigenvalue weighted by molar-refractivity contribution is -0.143. The Morgan fingerprint density at radius 2 is 1.43 bits per heavy atom. The summed E-state index contributed by atoms with van der Waals surface area (Å²) < 4.78 is 5.58. The summed E-state index contributed by atoms with van der Waals surface area (Å²) in [6.45, 7) is 3.56. The van der Waals surface area contributed by atoms with Crippen LogP contribution in [0.3, 0.4) is 0 Å². The zero-order chi connectivity index (χ0) is 32.1. The number of amides is 3. The van der Waals surface area contributed by atoms with Crippen LogP contribution in [0.25, 0.3) is 0 Å². The molecule has 3 aromatic rings. The van der Waals surface area contributed by atoms with Crippen LogP contribution in [-0.2, 0) is 38.7 Å². The van der Waals surface area contributed by atoms with Gasteiger partial charge in [0.2, 0.25) is 11.8 Å². The topological polar surface area (TPSA) is 145 Å². The number of hydrogen-bond donors (Lipinski definition) is 5. The van der Waals surface area contributed by atoms with Crippen molar-refractivity contribution in [2.45, 2.75) is 58.0 Å². The highest BCUT2D eigenvalue weighted by Gasteiger charge is 2.34. The number of nitrogens with zero attached hydrogens (tertiary/aromatic N) is 1. The molecule has 0 saturated carbocycles. The largest absolute Gasteiger partial charge is 0.508 e. The molecule has 0 aliphatic carbocycles. The van der Waals surface area contributed by atoms with Crippen LogP contribution in [0.4, 0.5) is 4.79 Å². The highest BCUT2D eigenvalue weighted by molar-refractivity contribution is 7.80. The maximum atomic E-state index is 13.8. The van der Waals surface area contributed by atoms with Crippen LogP contribution in [0.15, 0.2) is 84.9 Å². The first kappa shape index (κ1) is 34.0. The van der Waals surface area contributed by atoms with Crippen molar-refractivity contribution >= 4 is 36.5 Å². The molecule has 0 heterocycles. The van der Waals surface area contributed by atoms with E-state index in [4.69, 9.17) is 4.74 Å². The van der Waals surface area contributed by atoms with E-state index < -0.39 is 42.0 Å². The molecule has 3 amide bonds. The number of benzene rings is 3. The smallest absolute Gasteiger partial charge is 0.411 e. The third-order valence-corrected chi connectivity index (χ3v) is 7.62. The first-order valence-electron chi connectivity index (χ1n) is 14.4. The second-order valence-electron chi connectivity index (χ2n) is 10.5. The fraction of sp³-hybridized carbons (Fsp3) is 0.333. The zero-order valence-electron chi connectivity index (χ0n) is 24.8. The summed E-state index contributed by atoms with van der Waals surface area (Å²) in [7, 11) is 0. The van der Waals surface area contributed by atoms with Crippen molar-refractivity contribution in [3.63, 3.8) is 0 Å². The van der Waals surface area contributed by atoms with Crippen LogP contribution >= 0.6 is 12.6 Å². The van der Waals surface area contributed by atoms with Crippen LogP contribution in [-0.4, -0.2) is 62.9 Å². The van der Waals surface area contributed by atoms with E-state index in [2.05, 4.69) is 23.3 Å². The molecule has 0 saturated heterocycles. The van der Waals surface area contributed by atoms with Gasteiger partial charge >= 0.3 is 12.1 Å². The Hall–Kier alpha value is -4.51. The van der Waals surface area contributed by atoms with E-state index in [1.54, 1.807) is 19.1 Å². The maximum absolute atomic E-state index is 13.8. The number of carboxylic acids is 1. The summed E-state index contributed by atoms with van der Waals surface area (Å²) >= 11 is 4.38. The van der Waals surface area contributed by atoms with E-state index >= 15 is 0 Å². The van der Waals surface area contributed by atoms with E-state index in [0.717, 1.165) is 11.1 Å². The maximum Gasteiger partial charge on any atom is 0.411 e. The highest BCUT2D eigenvalue weighted by Crippen LogP contribution is 2.16. The number of carboxylic acid groups (broad SMARTS) is 1. The highest BCUT2D eigenvalue weighted by atomic mass is 32.1. The molecule has 0 radical (unpaired) electrons. The zero-order valence-corrected chi connectivity index (χ0v) is 25.7. The Bertz CT molecular complexity index is 1370. The summed E-state index contributed by atoms with van der Waals surface area (Å²) in [6, 6.07) is 20.8. The molecule has 4 atom stereocenters. The fourth-order valence-electron chi connectivity index (χ4n) is 4.49. The predicted octanol–water partition coefficient (Wildman–Crippen LogP) is 4.17. The molecule has 0 aromatic heterocycles. The van der Waals surface area contributed by atoms with Crippen molar-refractivity contribution in [2.75, 3.05) is 5.75 Å². The number of aliphatic carboxylic acids is 1. The number of ether oxygens (including phenoxy) is 1. The van der Waals surface area contributed by atoms with Gasteiger partial charge < -0.3 is 25.6 Å². The van der Waals surface area contributed by atoms with Gasteiger partial charge in [-0.05, 0) is 34.7 Å². The molecule has 4 N–H and O–H groups in total. The van der Waals surface area contributed by atoms with Gasteiger partial charge in [0, 0.05) is 18.7 Å². The van der Waals surface area contributed by atoms with Crippen LogP contribution in [0.1, 0.15) is 37.0 Å². The van der Waals surface area contributed by atoms with Crippen molar-refractivity contribution in [2.24, 2.45) is 5.92 Å². The van der Waals surface area contributed by atoms with Gasteiger partial charge in [-0.15, -0.1) is 0 Å². The number of thiol groups is 1. The SMILES string of the molecule is CC[C@H](C)[C@H](NC(=O)[C@H](Cc1ccc(O)cc1)NC(=O)[C@H](CS)N(Cc1ccccc1)C(=O)OCc1ccccc1)C(=O)O. The molecular weight excluding hydrogens is 582 g/mol. The Kier molecular flexibility index (Phi) is 13.1. The number of nitrogens with one attached hydrogen (secondary N) is 2. The number of hydrogen-bond acceptors (Lipinski definition) is 7. The van der Waals surface area contributed by atoms with Gasteiger partial charge in [0.05, 0.1) is 0 Å². The van der Waals surface area contributed by atoms with Gasteiger partial charge in [0.1, 0.15) is 30.5 Å². The molecular formula is C33H39N3O7S. The molecule has 0 unspecified atom stereocenters. The third-order valence-electron chi connectivity index (χ3n) is 7.27. The lowest BCUT2D eigenvalue weighted by Gasteiger charge is -2.31. The average Bonchev–Trinajstić information content (AvgIpc) is 3.03. The minimum Gasteiger partial charge on any atom is -0.508 e. The molecule has 44 heavy (non-hydrogen) atoms. The molecule has 3 rings (SSSR count). The molecule has 0 spiro atoms. The number of phenolic OH excluding ortho intramolecular Hbond substituents is 1. The Balaban J connectivity index is 1.88. The van der Waals surface area contributed by atoms with Crippen LogP contribution in [0, 0.1) is 5.92 Å². The lowest BCUT2D eigenvalue weighted by atomic mass is 9.98. The van der Waals surface area contributed by atoms with Crippen molar-refractivity contribution in [3.8, 4) is 5.75 Å². The fourth-order valence-corrected chi connectivity index (χ4v) is 4.85. The normalized spacial score (nSPS) is 13.5. The van der Waals surface area contributed by atoms with Gasteiger partial charge in [-0.2, -0.15) is 12.6 Å².